The van der Waals surface area contributed by atoms with Crippen LogP contribution in [0.25, 0.3) is 11.3 Å². The Morgan fingerprint density at radius 1 is 1.17 bits per heavy atom. The Morgan fingerprint density at radius 2 is 1.92 bits per heavy atom. The first-order valence-corrected chi connectivity index (χ1v) is 10.1. The first kappa shape index (κ1) is 17.0. The van der Waals surface area contributed by atoms with Crippen LogP contribution in [0.2, 0.25) is 0 Å². The topological polar surface area (TPSA) is 81.0 Å². The van der Waals surface area contributed by atoms with Crippen LogP contribution in [0.3, 0.4) is 0 Å². The Bertz CT molecular complexity index is 777. The summed E-state index contributed by atoms with van der Waals surface area (Å²) >= 11 is 0. The number of aryl methyl sites for hydroxylation is 1. The van der Waals surface area contributed by atoms with Gasteiger partial charge in [0, 0.05) is 43.5 Å². The van der Waals surface area contributed by atoms with Gasteiger partial charge in [-0.2, -0.15) is 5.10 Å². The SMILES string of the molecule is CCCn1cc(-c2cnc(C3CCN(S(C)(=O)=O)CC3)cn2)cn1. The molecule has 3 rings (SSSR count). The van der Waals surface area contributed by atoms with E-state index in [-0.39, 0.29) is 5.92 Å². The van der Waals surface area contributed by atoms with Crippen molar-refractivity contribution in [1.29, 1.82) is 0 Å². The van der Waals surface area contributed by atoms with E-state index in [4.69, 9.17) is 0 Å². The zero-order valence-corrected chi connectivity index (χ0v) is 14.9. The molecule has 0 aliphatic carbocycles. The van der Waals surface area contributed by atoms with Crippen molar-refractivity contribution >= 4 is 10.0 Å². The summed E-state index contributed by atoms with van der Waals surface area (Å²) in [5.74, 6) is 0.271. The summed E-state index contributed by atoms with van der Waals surface area (Å²) in [6, 6.07) is 0. The summed E-state index contributed by atoms with van der Waals surface area (Å²) in [5, 5.41) is 4.31. The maximum Gasteiger partial charge on any atom is 0.211 e. The number of piperidine rings is 1. The molecule has 8 heteroatoms. The lowest BCUT2D eigenvalue weighted by Gasteiger charge is -2.29. The van der Waals surface area contributed by atoms with E-state index in [9.17, 15) is 8.42 Å². The van der Waals surface area contributed by atoms with Crippen molar-refractivity contribution in [2.75, 3.05) is 19.3 Å². The molecule has 0 atom stereocenters. The largest absolute Gasteiger partial charge is 0.272 e. The second-order valence-electron chi connectivity index (χ2n) is 6.25. The van der Waals surface area contributed by atoms with Crippen LogP contribution in [0.1, 0.15) is 37.8 Å². The predicted molar refractivity (Wildman–Crippen MR) is 91.9 cm³/mol. The minimum absolute atomic E-state index is 0.271. The second-order valence-corrected chi connectivity index (χ2v) is 8.24. The van der Waals surface area contributed by atoms with Crippen LogP contribution in [0.5, 0.6) is 0 Å². The molecule has 0 radical (unpaired) electrons. The third-order valence-electron chi connectivity index (χ3n) is 4.39. The van der Waals surface area contributed by atoms with E-state index in [1.54, 1.807) is 6.20 Å². The van der Waals surface area contributed by atoms with Crippen molar-refractivity contribution in [1.82, 2.24) is 24.1 Å². The average molecular weight is 349 g/mol. The van der Waals surface area contributed by atoms with Crippen LogP contribution in [-0.2, 0) is 16.6 Å². The molecule has 0 amide bonds. The van der Waals surface area contributed by atoms with E-state index in [1.807, 2.05) is 23.3 Å². The summed E-state index contributed by atoms with van der Waals surface area (Å²) < 4.78 is 26.6. The first-order valence-electron chi connectivity index (χ1n) is 8.27. The zero-order valence-electron chi connectivity index (χ0n) is 14.1. The van der Waals surface area contributed by atoms with E-state index in [1.165, 1.54) is 10.6 Å². The number of nitrogens with zero attached hydrogens (tertiary/aromatic N) is 5. The van der Waals surface area contributed by atoms with Crippen LogP contribution in [-0.4, -0.2) is 51.8 Å². The minimum Gasteiger partial charge on any atom is -0.272 e. The quantitative estimate of drug-likeness (QED) is 0.823. The highest BCUT2D eigenvalue weighted by Gasteiger charge is 2.26. The molecule has 1 fully saturated rings. The van der Waals surface area contributed by atoms with E-state index in [0.717, 1.165) is 42.8 Å². The van der Waals surface area contributed by atoms with Crippen LogP contribution >= 0.6 is 0 Å². The molecule has 0 spiro atoms. The fourth-order valence-electron chi connectivity index (χ4n) is 3.03. The Hall–Kier alpha value is -1.80. The van der Waals surface area contributed by atoms with Gasteiger partial charge < -0.3 is 0 Å². The smallest absolute Gasteiger partial charge is 0.211 e. The lowest BCUT2D eigenvalue weighted by Crippen LogP contribution is -2.37. The molecule has 0 bridgehead atoms. The van der Waals surface area contributed by atoms with Gasteiger partial charge >= 0.3 is 0 Å². The van der Waals surface area contributed by atoms with E-state index in [2.05, 4.69) is 22.0 Å². The molecule has 2 aromatic heterocycles. The highest BCUT2D eigenvalue weighted by atomic mass is 32.2. The molecular weight excluding hydrogens is 326 g/mol. The average Bonchev–Trinajstić information content (AvgIpc) is 3.03. The maximum atomic E-state index is 11.6. The molecule has 0 aromatic carbocycles. The number of sulfonamides is 1. The van der Waals surface area contributed by atoms with Gasteiger partial charge in [-0.3, -0.25) is 14.6 Å². The Morgan fingerprint density at radius 3 is 2.50 bits per heavy atom. The monoisotopic (exact) mass is 349 g/mol. The van der Waals surface area contributed by atoms with Crippen molar-refractivity contribution in [2.24, 2.45) is 0 Å². The third kappa shape index (κ3) is 3.81. The van der Waals surface area contributed by atoms with E-state index < -0.39 is 10.0 Å². The van der Waals surface area contributed by atoms with Crippen molar-refractivity contribution < 1.29 is 8.42 Å². The number of aromatic nitrogens is 4. The molecule has 1 aliphatic rings. The van der Waals surface area contributed by atoms with Gasteiger partial charge in [0.15, 0.2) is 0 Å². The Kier molecular flexibility index (Phi) is 4.96. The van der Waals surface area contributed by atoms with Gasteiger partial charge in [0.25, 0.3) is 0 Å². The fourth-order valence-corrected chi connectivity index (χ4v) is 3.90. The second kappa shape index (κ2) is 6.98. The Balaban J connectivity index is 1.66. The molecule has 1 aliphatic heterocycles. The summed E-state index contributed by atoms with van der Waals surface area (Å²) in [6.07, 6.45) is 11.3. The third-order valence-corrected chi connectivity index (χ3v) is 5.70. The van der Waals surface area contributed by atoms with Gasteiger partial charge in [-0.1, -0.05) is 6.92 Å². The number of hydrogen-bond donors (Lipinski definition) is 0. The maximum absolute atomic E-state index is 11.6. The van der Waals surface area contributed by atoms with Gasteiger partial charge in [0.1, 0.15) is 0 Å². The predicted octanol–water partition coefficient (Wildman–Crippen LogP) is 1.89. The van der Waals surface area contributed by atoms with Gasteiger partial charge in [0.05, 0.1) is 30.0 Å². The first-order chi connectivity index (χ1) is 11.5. The van der Waals surface area contributed by atoms with Crippen molar-refractivity contribution in [3.8, 4) is 11.3 Å². The van der Waals surface area contributed by atoms with Crippen LogP contribution in [0, 0.1) is 0 Å². The van der Waals surface area contributed by atoms with Crippen molar-refractivity contribution in [3.63, 3.8) is 0 Å². The Labute approximate surface area is 142 Å². The van der Waals surface area contributed by atoms with Gasteiger partial charge in [-0.25, -0.2) is 12.7 Å². The number of hydrogen-bond acceptors (Lipinski definition) is 5. The summed E-state index contributed by atoms with van der Waals surface area (Å²) in [5.41, 5.74) is 2.72. The van der Waals surface area contributed by atoms with Crippen LogP contribution in [0.4, 0.5) is 0 Å². The molecule has 2 aromatic rings. The van der Waals surface area contributed by atoms with Gasteiger partial charge in [0.2, 0.25) is 10.0 Å². The highest BCUT2D eigenvalue weighted by molar-refractivity contribution is 7.88. The zero-order chi connectivity index (χ0) is 17.2. The van der Waals surface area contributed by atoms with Crippen molar-refractivity contribution in [3.05, 3.63) is 30.5 Å². The van der Waals surface area contributed by atoms with Gasteiger partial charge in [-0.15, -0.1) is 0 Å². The molecule has 0 saturated carbocycles. The molecule has 7 nitrogen and oxygen atoms in total. The molecule has 130 valence electrons. The minimum atomic E-state index is -3.09. The van der Waals surface area contributed by atoms with Crippen LogP contribution in [0.15, 0.2) is 24.8 Å². The summed E-state index contributed by atoms with van der Waals surface area (Å²) in [7, 11) is -3.09. The van der Waals surface area contributed by atoms with E-state index >= 15 is 0 Å². The van der Waals surface area contributed by atoms with Gasteiger partial charge in [-0.05, 0) is 19.3 Å². The molecule has 0 unspecified atom stereocenters. The van der Waals surface area contributed by atoms with E-state index in [0.29, 0.717) is 13.1 Å². The number of rotatable bonds is 5. The molecular formula is C16H23N5O2S. The standard InChI is InChI=1S/C16H23N5O2S/c1-3-6-20-12-14(9-19-20)16-11-17-15(10-18-16)13-4-7-21(8-5-13)24(2,22)23/h9-13H,3-8H2,1-2H3. The summed E-state index contributed by atoms with van der Waals surface area (Å²) in [4.78, 5) is 9.07. The highest BCUT2D eigenvalue weighted by Crippen LogP contribution is 2.28. The lowest BCUT2D eigenvalue weighted by molar-refractivity contribution is 0.318. The molecule has 0 N–H and O–H groups in total. The fraction of sp³-hybridized carbons (Fsp3) is 0.562. The molecule has 24 heavy (non-hydrogen) atoms. The van der Waals surface area contributed by atoms with Crippen molar-refractivity contribution in [2.45, 2.75) is 38.6 Å². The normalized spacial score (nSPS) is 17.2. The lowest BCUT2D eigenvalue weighted by atomic mass is 9.95. The van der Waals surface area contributed by atoms with Crippen LogP contribution < -0.4 is 0 Å². The summed E-state index contributed by atoms with van der Waals surface area (Å²) in [6.45, 7) is 4.11. The molecule has 3 heterocycles. The molecule has 1 saturated heterocycles.